The minimum Gasteiger partial charge on any atom is -0.462 e. The molecule has 0 saturated carbocycles. The number of carbonyl (C=O) groups is 2. The van der Waals surface area contributed by atoms with Gasteiger partial charge in [-0.15, -0.1) is 0 Å². The predicted molar refractivity (Wildman–Crippen MR) is 212 cm³/mol. The topological polar surface area (TPSA) is 119 Å². The second kappa shape index (κ2) is 38.8. The van der Waals surface area contributed by atoms with Crippen LogP contribution in [-0.4, -0.2) is 41.0 Å². The highest BCUT2D eigenvalue weighted by Gasteiger charge is 2.22. The Morgan fingerprint density at radius 3 is 1.00 bits per heavy atom. The largest absolute Gasteiger partial charge is 0.469 e. The van der Waals surface area contributed by atoms with Crippen LogP contribution >= 0.6 is 7.82 Å². The SMILES string of the molecule is CCCCCCCCCCCCCCCCCCCCCCCCC(=O)OC[C@H](COP(=O)(O)O)OC(=O)CCCCCCCCCCCCC. The Balaban J connectivity index is 3.76. The first kappa shape index (κ1) is 50.1. The molecule has 0 radical (unpaired) electrons. The maximum absolute atomic E-state index is 12.3. The lowest BCUT2D eigenvalue weighted by Gasteiger charge is -2.18. The number of phosphoric ester groups is 1. The Morgan fingerprint density at radius 2 is 0.706 bits per heavy atom. The van der Waals surface area contributed by atoms with E-state index in [1.54, 1.807) is 0 Å². The molecule has 0 fully saturated rings. The van der Waals surface area contributed by atoms with E-state index in [0.29, 0.717) is 6.42 Å². The van der Waals surface area contributed by atoms with E-state index in [1.165, 1.54) is 167 Å². The summed E-state index contributed by atoms with van der Waals surface area (Å²) in [5, 5.41) is 0. The van der Waals surface area contributed by atoms with E-state index >= 15 is 0 Å². The molecule has 0 aliphatic heterocycles. The van der Waals surface area contributed by atoms with Crippen LogP contribution in [0.3, 0.4) is 0 Å². The standard InChI is InChI=1S/C42H83O8P/c1-3-5-7-9-11-13-15-16-17-18-19-20-21-22-23-24-25-27-28-30-32-34-36-41(43)48-38-40(39-49-51(45,46)47)50-42(44)37-35-33-31-29-26-14-12-10-8-6-4-2/h40H,3-39H2,1-2H3,(H2,45,46,47)/t40-/m1/s1. The molecule has 2 N–H and O–H groups in total. The Morgan fingerprint density at radius 1 is 0.431 bits per heavy atom. The molecule has 0 rings (SSSR count). The molecular weight excluding hydrogens is 663 g/mol. The summed E-state index contributed by atoms with van der Waals surface area (Å²) in [6.45, 7) is 3.71. The molecule has 0 aromatic heterocycles. The molecule has 0 amide bonds. The quantitative estimate of drug-likeness (QED) is 0.0360. The molecule has 1 atom stereocenters. The zero-order valence-corrected chi connectivity index (χ0v) is 34.4. The van der Waals surface area contributed by atoms with Crippen LogP contribution in [-0.2, 0) is 28.2 Å². The minimum atomic E-state index is -4.74. The Hall–Kier alpha value is -0.950. The van der Waals surface area contributed by atoms with Crippen LogP contribution in [0.25, 0.3) is 0 Å². The molecule has 304 valence electrons. The molecule has 0 spiro atoms. The first-order valence-corrected chi connectivity index (χ1v) is 23.4. The van der Waals surface area contributed by atoms with Crippen molar-refractivity contribution in [2.24, 2.45) is 0 Å². The average molecular weight is 747 g/mol. The first-order valence-electron chi connectivity index (χ1n) is 21.8. The van der Waals surface area contributed by atoms with Crippen LogP contribution in [0, 0.1) is 0 Å². The fourth-order valence-electron chi connectivity index (χ4n) is 6.61. The van der Waals surface area contributed by atoms with E-state index in [4.69, 9.17) is 19.3 Å². The summed E-state index contributed by atoms with van der Waals surface area (Å²) in [5.74, 6) is -0.869. The molecule has 51 heavy (non-hydrogen) atoms. The van der Waals surface area contributed by atoms with Gasteiger partial charge in [0.05, 0.1) is 6.61 Å². The van der Waals surface area contributed by atoms with Crippen LogP contribution in [0.4, 0.5) is 0 Å². The van der Waals surface area contributed by atoms with Crippen molar-refractivity contribution < 1.29 is 37.9 Å². The number of esters is 2. The van der Waals surface area contributed by atoms with Gasteiger partial charge in [0, 0.05) is 12.8 Å². The highest BCUT2D eigenvalue weighted by atomic mass is 31.2. The van der Waals surface area contributed by atoms with Crippen molar-refractivity contribution >= 4 is 19.8 Å². The number of hydrogen-bond donors (Lipinski definition) is 2. The molecule has 0 aliphatic rings. The Kier molecular flexibility index (Phi) is 38.0. The third-order valence-corrected chi connectivity index (χ3v) is 10.4. The predicted octanol–water partition coefficient (Wildman–Crippen LogP) is 13.2. The van der Waals surface area contributed by atoms with E-state index in [9.17, 15) is 14.2 Å². The number of rotatable bonds is 41. The lowest BCUT2D eigenvalue weighted by molar-refractivity contribution is -0.161. The number of carbonyl (C=O) groups excluding carboxylic acids is 2. The van der Waals surface area contributed by atoms with Gasteiger partial charge in [-0.1, -0.05) is 213 Å². The van der Waals surface area contributed by atoms with Crippen molar-refractivity contribution in [2.75, 3.05) is 13.2 Å². The summed E-state index contributed by atoms with van der Waals surface area (Å²) in [4.78, 5) is 42.8. The number of unbranched alkanes of at least 4 members (excludes halogenated alkanes) is 31. The highest BCUT2D eigenvalue weighted by Crippen LogP contribution is 2.36. The van der Waals surface area contributed by atoms with Crippen molar-refractivity contribution in [2.45, 2.75) is 245 Å². The van der Waals surface area contributed by atoms with Gasteiger partial charge in [-0.2, -0.15) is 0 Å². The van der Waals surface area contributed by atoms with Crippen molar-refractivity contribution in [1.29, 1.82) is 0 Å². The fraction of sp³-hybridized carbons (Fsp3) is 0.952. The molecule has 0 aromatic carbocycles. The zero-order valence-electron chi connectivity index (χ0n) is 33.5. The Labute approximate surface area is 315 Å². The van der Waals surface area contributed by atoms with Gasteiger partial charge in [-0.05, 0) is 12.8 Å². The van der Waals surface area contributed by atoms with Crippen LogP contribution < -0.4 is 0 Å². The summed E-state index contributed by atoms with van der Waals surface area (Å²) >= 11 is 0. The van der Waals surface area contributed by atoms with Crippen molar-refractivity contribution in [1.82, 2.24) is 0 Å². The monoisotopic (exact) mass is 747 g/mol. The van der Waals surface area contributed by atoms with E-state index < -0.39 is 32.5 Å². The number of phosphoric acid groups is 1. The smallest absolute Gasteiger partial charge is 0.462 e. The van der Waals surface area contributed by atoms with Crippen molar-refractivity contribution in [3.05, 3.63) is 0 Å². The lowest BCUT2D eigenvalue weighted by Crippen LogP contribution is -2.29. The molecule has 0 saturated heterocycles. The summed E-state index contributed by atoms with van der Waals surface area (Å²) in [6.07, 6.45) is 41.2. The van der Waals surface area contributed by atoms with Gasteiger partial charge in [0.1, 0.15) is 6.61 Å². The second-order valence-corrected chi connectivity index (χ2v) is 16.3. The van der Waals surface area contributed by atoms with E-state index in [-0.39, 0.29) is 19.4 Å². The van der Waals surface area contributed by atoms with Gasteiger partial charge >= 0.3 is 19.8 Å². The summed E-state index contributed by atoms with van der Waals surface area (Å²) in [6, 6.07) is 0. The summed E-state index contributed by atoms with van der Waals surface area (Å²) in [5.41, 5.74) is 0. The molecule has 0 unspecified atom stereocenters. The lowest BCUT2D eigenvalue weighted by atomic mass is 10.0. The van der Waals surface area contributed by atoms with E-state index in [1.807, 2.05) is 0 Å². The molecule has 0 heterocycles. The van der Waals surface area contributed by atoms with Crippen molar-refractivity contribution in [3.63, 3.8) is 0 Å². The minimum absolute atomic E-state index is 0.219. The van der Waals surface area contributed by atoms with Gasteiger partial charge in [0.15, 0.2) is 6.10 Å². The average Bonchev–Trinajstić information content (AvgIpc) is 3.10. The van der Waals surface area contributed by atoms with Crippen LogP contribution in [0.5, 0.6) is 0 Å². The molecule has 0 bridgehead atoms. The van der Waals surface area contributed by atoms with Gasteiger partial charge < -0.3 is 19.3 Å². The number of ether oxygens (including phenoxy) is 2. The van der Waals surface area contributed by atoms with Crippen LogP contribution in [0.15, 0.2) is 0 Å². The maximum Gasteiger partial charge on any atom is 0.469 e. The fourth-order valence-corrected chi connectivity index (χ4v) is 6.97. The van der Waals surface area contributed by atoms with Crippen molar-refractivity contribution in [3.8, 4) is 0 Å². The third kappa shape index (κ3) is 41.7. The molecule has 0 aromatic rings. The second-order valence-electron chi connectivity index (χ2n) is 15.0. The number of hydrogen-bond acceptors (Lipinski definition) is 6. The van der Waals surface area contributed by atoms with Crippen LogP contribution in [0.1, 0.15) is 239 Å². The van der Waals surface area contributed by atoms with Gasteiger partial charge in [-0.25, -0.2) is 4.57 Å². The Bertz CT molecular complexity index is 802. The van der Waals surface area contributed by atoms with Crippen LogP contribution in [0.2, 0.25) is 0 Å². The van der Waals surface area contributed by atoms with E-state index in [2.05, 4.69) is 18.4 Å². The maximum atomic E-state index is 12.3. The normalized spacial score (nSPS) is 12.3. The van der Waals surface area contributed by atoms with Gasteiger partial charge in [0.2, 0.25) is 0 Å². The molecule has 8 nitrogen and oxygen atoms in total. The molecular formula is C42H83O8P. The molecule has 0 aliphatic carbocycles. The summed E-state index contributed by atoms with van der Waals surface area (Å²) in [7, 11) is -4.74. The summed E-state index contributed by atoms with van der Waals surface area (Å²) < 4.78 is 26.4. The highest BCUT2D eigenvalue weighted by molar-refractivity contribution is 7.46. The van der Waals surface area contributed by atoms with Gasteiger partial charge in [0.25, 0.3) is 0 Å². The zero-order chi connectivity index (χ0) is 37.5. The third-order valence-electron chi connectivity index (χ3n) is 9.88. The first-order chi connectivity index (χ1) is 24.8. The van der Waals surface area contributed by atoms with Gasteiger partial charge in [-0.3, -0.25) is 14.1 Å². The van der Waals surface area contributed by atoms with E-state index in [0.717, 1.165) is 38.5 Å². The molecule has 9 heteroatoms.